The van der Waals surface area contributed by atoms with Gasteiger partial charge in [-0.3, -0.25) is 9.36 Å². The van der Waals surface area contributed by atoms with E-state index in [1.165, 1.54) is 11.3 Å². The molecule has 2 heterocycles. The predicted molar refractivity (Wildman–Crippen MR) is 145 cm³/mol. The molecule has 0 radical (unpaired) electrons. The number of aromatic nitrogens is 1. The summed E-state index contributed by atoms with van der Waals surface area (Å²) in [7, 11) is 0. The summed E-state index contributed by atoms with van der Waals surface area (Å²) in [5, 5.41) is 0.560. The third-order valence-electron chi connectivity index (χ3n) is 5.63. The van der Waals surface area contributed by atoms with Crippen LogP contribution in [0.2, 0.25) is 5.02 Å². The second-order valence-electron chi connectivity index (χ2n) is 8.66. The summed E-state index contributed by atoms with van der Waals surface area (Å²) in [4.78, 5) is 31.8. The van der Waals surface area contributed by atoms with Crippen molar-refractivity contribution in [3.63, 3.8) is 0 Å². The summed E-state index contributed by atoms with van der Waals surface area (Å²) in [6, 6.07) is 12.0. The Balaban J connectivity index is 1.87. The smallest absolute Gasteiger partial charge is 0.338 e. The van der Waals surface area contributed by atoms with Gasteiger partial charge in [-0.1, -0.05) is 41.1 Å². The van der Waals surface area contributed by atoms with Gasteiger partial charge in [-0.05, 0) is 76.1 Å². The molecule has 0 N–H and O–H groups in total. The SMILES string of the molecule is CCOC(=O)C1=C(C)N=c2s/c(=C\c3ccc(OC(C)C)c(OCC)c3)c(=O)n2[C@H]1c1ccc(Cl)cc1. The number of esters is 1. The largest absolute Gasteiger partial charge is 0.490 e. The fraction of sp³-hybridized carbons (Fsp3) is 0.321. The lowest BCUT2D eigenvalue weighted by Gasteiger charge is -2.24. The number of rotatable bonds is 8. The van der Waals surface area contributed by atoms with Crippen LogP contribution in [0.1, 0.15) is 51.8 Å². The topological polar surface area (TPSA) is 79.1 Å². The molecule has 0 spiro atoms. The van der Waals surface area contributed by atoms with Gasteiger partial charge in [-0.25, -0.2) is 9.79 Å². The Labute approximate surface area is 224 Å². The van der Waals surface area contributed by atoms with Crippen LogP contribution in [-0.4, -0.2) is 29.9 Å². The molecule has 37 heavy (non-hydrogen) atoms. The Morgan fingerprint density at radius 2 is 1.86 bits per heavy atom. The van der Waals surface area contributed by atoms with E-state index in [9.17, 15) is 9.59 Å². The Morgan fingerprint density at radius 3 is 2.51 bits per heavy atom. The summed E-state index contributed by atoms with van der Waals surface area (Å²) in [6.45, 7) is 10.0. The minimum Gasteiger partial charge on any atom is -0.490 e. The standard InChI is InChI=1S/C28H29ClN2O5S/c1-6-34-22-14-18(8-13-21(22)36-16(3)4)15-23-26(32)31-25(19-9-11-20(29)12-10-19)24(27(33)35-7-2)17(5)30-28(31)37-23/h8-16,25H,6-7H2,1-5H3/b23-15-/t25-/m0/s1. The number of ether oxygens (including phenoxy) is 3. The number of thiazole rings is 1. The van der Waals surface area contributed by atoms with Crippen LogP contribution >= 0.6 is 22.9 Å². The molecule has 1 aliphatic rings. The van der Waals surface area contributed by atoms with Gasteiger partial charge in [0.15, 0.2) is 16.3 Å². The van der Waals surface area contributed by atoms with Crippen LogP contribution in [0.3, 0.4) is 0 Å². The molecule has 0 saturated carbocycles. The summed E-state index contributed by atoms with van der Waals surface area (Å²) in [5.41, 5.74) is 2.12. The first-order valence-electron chi connectivity index (χ1n) is 12.1. The molecule has 2 aromatic carbocycles. The number of nitrogens with zero attached hydrogens (tertiary/aromatic N) is 2. The third kappa shape index (κ3) is 5.65. The molecule has 0 unspecified atom stereocenters. The van der Waals surface area contributed by atoms with E-state index in [1.807, 2.05) is 51.1 Å². The lowest BCUT2D eigenvalue weighted by molar-refractivity contribution is -0.139. The number of allylic oxidation sites excluding steroid dienone is 1. The highest BCUT2D eigenvalue weighted by Crippen LogP contribution is 2.32. The third-order valence-corrected chi connectivity index (χ3v) is 6.87. The maximum absolute atomic E-state index is 13.7. The number of carbonyl (C=O) groups is 1. The number of halogens is 1. The van der Waals surface area contributed by atoms with E-state index in [0.717, 1.165) is 11.1 Å². The monoisotopic (exact) mass is 540 g/mol. The molecular weight excluding hydrogens is 512 g/mol. The quantitative estimate of drug-likeness (QED) is 0.389. The van der Waals surface area contributed by atoms with Gasteiger partial charge in [0.05, 0.1) is 41.2 Å². The van der Waals surface area contributed by atoms with Gasteiger partial charge in [0.25, 0.3) is 5.56 Å². The number of hydrogen-bond acceptors (Lipinski definition) is 7. The number of hydrogen-bond donors (Lipinski definition) is 0. The Morgan fingerprint density at radius 1 is 1.14 bits per heavy atom. The average Bonchev–Trinajstić information content (AvgIpc) is 3.14. The van der Waals surface area contributed by atoms with E-state index >= 15 is 0 Å². The van der Waals surface area contributed by atoms with Gasteiger partial charge in [0.1, 0.15) is 0 Å². The van der Waals surface area contributed by atoms with Gasteiger partial charge in [0.2, 0.25) is 0 Å². The van der Waals surface area contributed by atoms with E-state index < -0.39 is 12.0 Å². The van der Waals surface area contributed by atoms with Crippen molar-refractivity contribution < 1.29 is 19.0 Å². The second-order valence-corrected chi connectivity index (χ2v) is 10.1. The van der Waals surface area contributed by atoms with Crippen LogP contribution in [0.15, 0.2) is 63.5 Å². The van der Waals surface area contributed by atoms with Crippen LogP contribution in [0.5, 0.6) is 11.5 Å². The molecule has 9 heteroatoms. The minimum atomic E-state index is -0.685. The fourth-order valence-electron chi connectivity index (χ4n) is 4.14. The zero-order valence-electron chi connectivity index (χ0n) is 21.4. The first kappa shape index (κ1) is 26.7. The van der Waals surface area contributed by atoms with Crippen molar-refractivity contribution >= 4 is 35.0 Å². The zero-order valence-corrected chi connectivity index (χ0v) is 23.0. The summed E-state index contributed by atoms with van der Waals surface area (Å²) >= 11 is 7.38. The lowest BCUT2D eigenvalue weighted by atomic mass is 9.96. The average molecular weight is 541 g/mol. The molecule has 0 bridgehead atoms. The Bertz CT molecular complexity index is 1520. The van der Waals surface area contributed by atoms with E-state index in [4.69, 9.17) is 25.8 Å². The number of carbonyl (C=O) groups excluding carboxylic acids is 1. The Hall–Kier alpha value is -3.36. The number of fused-ring (bicyclic) bond motifs is 1. The summed E-state index contributed by atoms with van der Waals surface area (Å²) < 4.78 is 19.0. The normalized spacial score (nSPS) is 15.4. The Kier molecular flexibility index (Phi) is 8.19. The zero-order chi connectivity index (χ0) is 26.7. The van der Waals surface area contributed by atoms with Crippen LogP contribution in [0, 0.1) is 0 Å². The molecular formula is C28H29ClN2O5S. The first-order valence-corrected chi connectivity index (χ1v) is 13.3. The highest BCUT2D eigenvalue weighted by Gasteiger charge is 2.33. The maximum Gasteiger partial charge on any atom is 0.338 e. The molecule has 1 aliphatic heterocycles. The van der Waals surface area contributed by atoms with Crippen molar-refractivity contribution in [2.45, 2.75) is 46.8 Å². The molecule has 0 aliphatic carbocycles. The molecule has 3 aromatic rings. The van der Waals surface area contributed by atoms with Crippen LogP contribution in [-0.2, 0) is 9.53 Å². The predicted octanol–water partition coefficient (Wildman–Crippen LogP) is 4.64. The molecule has 194 valence electrons. The molecule has 0 saturated heterocycles. The fourth-order valence-corrected chi connectivity index (χ4v) is 5.31. The van der Waals surface area contributed by atoms with E-state index in [2.05, 4.69) is 4.99 Å². The minimum absolute atomic E-state index is 0.00144. The van der Waals surface area contributed by atoms with E-state index in [-0.39, 0.29) is 18.3 Å². The van der Waals surface area contributed by atoms with E-state index in [1.54, 1.807) is 36.6 Å². The van der Waals surface area contributed by atoms with Crippen molar-refractivity contribution in [1.82, 2.24) is 4.57 Å². The van der Waals surface area contributed by atoms with Gasteiger partial charge in [0, 0.05) is 5.02 Å². The van der Waals surface area contributed by atoms with Crippen molar-refractivity contribution in [2.24, 2.45) is 4.99 Å². The molecule has 1 aromatic heterocycles. The van der Waals surface area contributed by atoms with Gasteiger partial charge < -0.3 is 14.2 Å². The first-order chi connectivity index (χ1) is 17.7. The second kappa shape index (κ2) is 11.4. The maximum atomic E-state index is 13.7. The molecule has 4 rings (SSSR count). The number of benzene rings is 2. The highest BCUT2D eigenvalue weighted by molar-refractivity contribution is 7.07. The molecule has 1 atom stereocenters. The summed E-state index contributed by atoms with van der Waals surface area (Å²) in [6.07, 6.45) is 1.80. The van der Waals surface area contributed by atoms with Crippen LogP contribution < -0.4 is 24.4 Å². The van der Waals surface area contributed by atoms with Crippen molar-refractivity contribution in [3.05, 3.63) is 89.6 Å². The molecule has 0 fully saturated rings. The molecule has 0 amide bonds. The van der Waals surface area contributed by atoms with E-state index in [0.29, 0.717) is 43.7 Å². The van der Waals surface area contributed by atoms with Gasteiger partial charge in [-0.2, -0.15) is 0 Å². The van der Waals surface area contributed by atoms with Crippen LogP contribution in [0.4, 0.5) is 0 Å². The van der Waals surface area contributed by atoms with Gasteiger partial charge in [-0.15, -0.1) is 0 Å². The molecule has 7 nitrogen and oxygen atoms in total. The highest BCUT2D eigenvalue weighted by atomic mass is 35.5. The van der Waals surface area contributed by atoms with Crippen molar-refractivity contribution in [1.29, 1.82) is 0 Å². The lowest BCUT2D eigenvalue weighted by Crippen LogP contribution is -2.39. The summed E-state index contributed by atoms with van der Waals surface area (Å²) in [5.74, 6) is 0.755. The van der Waals surface area contributed by atoms with Crippen LogP contribution in [0.25, 0.3) is 6.08 Å². The van der Waals surface area contributed by atoms with Crippen molar-refractivity contribution in [3.8, 4) is 11.5 Å². The van der Waals surface area contributed by atoms with Crippen molar-refractivity contribution in [2.75, 3.05) is 13.2 Å². The van der Waals surface area contributed by atoms with Gasteiger partial charge >= 0.3 is 5.97 Å².